The van der Waals surface area contributed by atoms with Crippen molar-refractivity contribution in [1.29, 1.82) is 0 Å². The van der Waals surface area contributed by atoms with Crippen LogP contribution >= 0.6 is 23.4 Å². The number of aromatic nitrogens is 1. The minimum Gasteiger partial charge on any atom is -0.465 e. The van der Waals surface area contributed by atoms with E-state index in [1.54, 1.807) is 17.8 Å². The molecule has 3 rings (SSSR count). The Morgan fingerprint density at radius 1 is 1.17 bits per heavy atom. The zero-order chi connectivity index (χ0) is 20.8. The average Bonchev–Trinajstić information content (AvgIpc) is 2.70. The molecule has 1 aliphatic rings. The molecule has 2 aromatic rings. The number of carbonyl (C=O) groups is 2. The molecule has 1 aliphatic carbocycles. The Hall–Kier alpha value is -2.45. The number of carboxylic acid groups (broad SMARTS) is 1. The number of amides is 2. The lowest BCUT2D eigenvalue weighted by Crippen LogP contribution is -2.43. The summed E-state index contributed by atoms with van der Waals surface area (Å²) in [6, 6.07) is 8.94. The first-order chi connectivity index (χ1) is 13.9. The normalized spacial score (nSPS) is 18.7. The van der Waals surface area contributed by atoms with Crippen LogP contribution in [-0.4, -0.2) is 40.4 Å². The highest BCUT2D eigenvalue weighted by Crippen LogP contribution is 2.28. The quantitative estimate of drug-likeness (QED) is 0.575. The van der Waals surface area contributed by atoms with E-state index in [9.17, 15) is 9.59 Å². The molecule has 2 amide bonds. The van der Waals surface area contributed by atoms with Crippen molar-refractivity contribution in [2.45, 2.75) is 42.7 Å². The van der Waals surface area contributed by atoms with Crippen molar-refractivity contribution in [3.05, 3.63) is 47.1 Å². The number of benzene rings is 1. The molecule has 1 heterocycles. The van der Waals surface area contributed by atoms with Crippen LogP contribution in [-0.2, 0) is 0 Å². The molecule has 7 nitrogen and oxygen atoms in total. The fourth-order valence-electron chi connectivity index (χ4n) is 3.27. The van der Waals surface area contributed by atoms with Crippen molar-refractivity contribution in [2.24, 2.45) is 0 Å². The Morgan fingerprint density at radius 3 is 2.52 bits per heavy atom. The molecule has 0 aliphatic heterocycles. The molecule has 1 aromatic heterocycles. The predicted molar refractivity (Wildman–Crippen MR) is 112 cm³/mol. The molecule has 1 fully saturated rings. The van der Waals surface area contributed by atoms with Gasteiger partial charge < -0.3 is 20.5 Å². The van der Waals surface area contributed by atoms with Gasteiger partial charge in [0.2, 0.25) is 5.88 Å². The largest absolute Gasteiger partial charge is 0.465 e. The number of hydrogen-bond acceptors (Lipinski definition) is 5. The van der Waals surface area contributed by atoms with E-state index in [0.717, 1.165) is 4.90 Å². The lowest BCUT2D eigenvalue weighted by atomic mass is 9.91. The number of ether oxygens (including phenoxy) is 1. The second-order valence-corrected chi connectivity index (χ2v) is 8.07. The van der Waals surface area contributed by atoms with Gasteiger partial charge in [-0.2, -0.15) is 0 Å². The van der Waals surface area contributed by atoms with Crippen molar-refractivity contribution in [1.82, 2.24) is 15.6 Å². The molecule has 9 heteroatoms. The highest BCUT2D eigenvalue weighted by molar-refractivity contribution is 7.98. The standard InChI is InChI=1S/C20H22ClN3O4S/c1-29-16-4-2-3-15(10-16)28-19-17(9-12(21)11-22-19)18(25)23-13-5-7-14(8-6-13)24-20(26)27/h2-4,9-11,13-14,24H,5-8H2,1H3,(H,23,25)(H,26,27). The van der Waals surface area contributed by atoms with Gasteiger partial charge in [0.1, 0.15) is 11.3 Å². The van der Waals surface area contributed by atoms with Gasteiger partial charge in [0, 0.05) is 23.2 Å². The van der Waals surface area contributed by atoms with Crippen molar-refractivity contribution < 1.29 is 19.4 Å². The van der Waals surface area contributed by atoms with Gasteiger partial charge in [0.25, 0.3) is 5.91 Å². The number of thioether (sulfide) groups is 1. The predicted octanol–water partition coefficient (Wildman–Crippen LogP) is 4.56. The average molecular weight is 436 g/mol. The van der Waals surface area contributed by atoms with Gasteiger partial charge in [0.15, 0.2) is 0 Å². The molecule has 29 heavy (non-hydrogen) atoms. The van der Waals surface area contributed by atoms with Crippen molar-refractivity contribution >= 4 is 35.4 Å². The zero-order valence-corrected chi connectivity index (χ0v) is 17.4. The third-order valence-corrected chi connectivity index (χ3v) is 5.64. The first-order valence-corrected chi connectivity index (χ1v) is 10.8. The molecule has 1 saturated carbocycles. The Morgan fingerprint density at radius 2 is 1.86 bits per heavy atom. The maximum Gasteiger partial charge on any atom is 0.404 e. The minimum atomic E-state index is -1.02. The Kier molecular flexibility index (Phi) is 7.22. The lowest BCUT2D eigenvalue weighted by molar-refractivity contribution is 0.0920. The number of halogens is 1. The van der Waals surface area contributed by atoms with E-state index < -0.39 is 6.09 Å². The van der Waals surface area contributed by atoms with E-state index in [4.69, 9.17) is 21.4 Å². The van der Waals surface area contributed by atoms with Crippen molar-refractivity contribution in [3.8, 4) is 11.6 Å². The van der Waals surface area contributed by atoms with Crippen molar-refractivity contribution in [3.63, 3.8) is 0 Å². The first kappa shape index (κ1) is 21.3. The summed E-state index contributed by atoms with van der Waals surface area (Å²) < 4.78 is 5.86. The molecule has 0 atom stereocenters. The van der Waals surface area contributed by atoms with E-state index in [0.29, 0.717) is 36.5 Å². The maximum absolute atomic E-state index is 12.9. The minimum absolute atomic E-state index is 0.0407. The van der Waals surface area contributed by atoms with Crippen LogP contribution in [0.4, 0.5) is 4.79 Å². The van der Waals surface area contributed by atoms with Crippen LogP contribution in [0.15, 0.2) is 41.4 Å². The van der Waals surface area contributed by atoms with Gasteiger partial charge >= 0.3 is 6.09 Å². The molecule has 3 N–H and O–H groups in total. The van der Waals surface area contributed by atoms with Crippen LogP contribution in [0.25, 0.3) is 0 Å². The fourth-order valence-corrected chi connectivity index (χ4v) is 3.87. The van der Waals surface area contributed by atoms with E-state index in [1.165, 1.54) is 12.3 Å². The number of nitrogens with one attached hydrogen (secondary N) is 2. The number of pyridine rings is 1. The Balaban J connectivity index is 1.68. The smallest absolute Gasteiger partial charge is 0.404 e. The molecule has 0 bridgehead atoms. The lowest BCUT2D eigenvalue weighted by Gasteiger charge is -2.29. The highest BCUT2D eigenvalue weighted by atomic mass is 35.5. The molecule has 0 radical (unpaired) electrons. The summed E-state index contributed by atoms with van der Waals surface area (Å²) in [5.74, 6) is 0.457. The highest BCUT2D eigenvalue weighted by Gasteiger charge is 2.25. The summed E-state index contributed by atoms with van der Waals surface area (Å²) in [4.78, 5) is 28.8. The molecule has 0 spiro atoms. The number of nitrogens with zero attached hydrogens (tertiary/aromatic N) is 1. The summed E-state index contributed by atoms with van der Waals surface area (Å²) in [5.41, 5.74) is 0.262. The number of carbonyl (C=O) groups excluding carboxylic acids is 1. The van der Waals surface area contributed by atoms with Gasteiger partial charge in [0.05, 0.1) is 5.02 Å². The molecule has 1 aromatic carbocycles. The zero-order valence-electron chi connectivity index (χ0n) is 15.9. The second kappa shape index (κ2) is 9.84. The fraction of sp³-hybridized carbons (Fsp3) is 0.350. The van der Waals surface area contributed by atoms with E-state index in [2.05, 4.69) is 15.6 Å². The van der Waals surface area contributed by atoms with Crippen LogP contribution in [0.3, 0.4) is 0 Å². The summed E-state index contributed by atoms with van der Waals surface area (Å²) in [7, 11) is 0. The van der Waals surface area contributed by atoms with Crippen LogP contribution in [0, 0.1) is 0 Å². The van der Waals surface area contributed by atoms with Crippen LogP contribution in [0.5, 0.6) is 11.6 Å². The van der Waals surface area contributed by atoms with Gasteiger partial charge in [-0.15, -0.1) is 11.8 Å². The maximum atomic E-state index is 12.9. The van der Waals surface area contributed by atoms with Crippen LogP contribution in [0.1, 0.15) is 36.0 Å². The Labute approximate surface area is 178 Å². The third kappa shape index (κ3) is 6.01. The summed E-state index contributed by atoms with van der Waals surface area (Å²) in [6.07, 6.45) is 5.13. The summed E-state index contributed by atoms with van der Waals surface area (Å²) >= 11 is 7.65. The third-order valence-electron chi connectivity index (χ3n) is 4.71. The van der Waals surface area contributed by atoms with Crippen LogP contribution in [0.2, 0.25) is 5.02 Å². The van der Waals surface area contributed by atoms with Gasteiger partial charge in [-0.1, -0.05) is 17.7 Å². The monoisotopic (exact) mass is 435 g/mol. The number of hydrogen-bond donors (Lipinski definition) is 3. The molecular weight excluding hydrogens is 414 g/mol. The van der Waals surface area contributed by atoms with E-state index in [1.807, 2.05) is 24.5 Å². The Bertz CT molecular complexity index is 888. The summed E-state index contributed by atoms with van der Waals surface area (Å²) in [6.45, 7) is 0. The summed E-state index contributed by atoms with van der Waals surface area (Å²) in [5, 5.41) is 14.6. The van der Waals surface area contributed by atoms with E-state index >= 15 is 0 Å². The molecule has 0 saturated heterocycles. The molecular formula is C20H22ClN3O4S. The van der Waals surface area contributed by atoms with E-state index in [-0.39, 0.29) is 29.4 Å². The first-order valence-electron chi connectivity index (χ1n) is 9.22. The van der Waals surface area contributed by atoms with Crippen LogP contribution < -0.4 is 15.4 Å². The van der Waals surface area contributed by atoms with Gasteiger partial charge in [-0.05, 0) is 56.2 Å². The SMILES string of the molecule is CSc1cccc(Oc2ncc(Cl)cc2C(=O)NC2CCC(NC(=O)O)CC2)c1. The molecule has 154 valence electrons. The molecule has 0 unspecified atom stereocenters. The number of rotatable bonds is 6. The van der Waals surface area contributed by atoms with Crippen molar-refractivity contribution in [2.75, 3.05) is 6.26 Å². The van der Waals surface area contributed by atoms with Gasteiger partial charge in [-0.3, -0.25) is 4.79 Å². The van der Waals surface area contributed by atoms with Gasteiger partial charge in [-0.25, -0.2) is 9.78 Å². The second-order valence-electron chi connectivity index (χ2n) is 6.76. The topological polar surface area (TPSA) is 101 Å².